The maximum Gasteiger partial charge on any atom is 0.329 e. The maximum absolute atomic E-state index is 14.8. The first-order chi connectivity index (χ1) is 29.2. The third kappa shape index (κ3) is 13.1. The Morgan fingerprint density at radius 2 is 1.73 bits per heavy atom. The molecule has 2 saturated heterocycles. The van der Waals surface area contributed by atoms with Gasteiger partial charge >= 0.3 is 5.97 Å². The smallest absolute Gasteiger partial charge is 0.329 e. The predicted octanol–water partition coefficient (Wildman–Crippen LogP) is -1.98. The van der Waals surface area contributed by atoms with E-state index >= 15 is 0 Å². The quantitative estimate of drug-likeness (QED) is 0.0449. The van der Waals surface area contributed by atoms with E-state index in [9.17, 15) is 48.9 Å². The van der Waals surface area contributed by atoms with E-state index in [1.165, 1.54) is 21.1 Å². The first kappa shape index (κ1) is 51.1. The van der Waals surface area contributed by atoms with Crippen molar-refractivity contribution in [1.29, 1.82) is 0 Å². The van der Waals surface area contributed by atoms with E-state index in [0.29, 0.717) is 17.7 Å². The summed E-state index contributed by atoms with van der Waals surface area (Å²) in [7, 11) is 2.79. The lowest BCUT2D eigenvalue weighted by atomic mass is 9.91. The number of nitrogens with zero attached hydrogens (tertiary/aromatic N) is 3. The number of amides is 6. The number of cyclic esters (lactones) is 1. The zero-order valence-electron chi connectivity index (χ0n) is 36.1. The molecule has 346 valence electrons. The van der Waals surface area contributed by atoms with Crippen LogP contribution in [0.15, 0.2) is 23.2 Å². The number of likely N-dealkylation sites (N-methyl/N-ethyl adjacent to an activating group) is 1. The zero-order chi connectivity index (χ0) is 46.6. The highest BCUT2D eigenvalue weighted by Gasteiger charge is 2.47. The minimum atomic E-state index is -1.99. The molecule has 22 heteroatoms. The summed E-state index contributed by atoms with van der Waals surface area (Å²) < 4.78 is 11.0. The standard InChI is InChI=1S/C40H62ClN9O12/c1-8-20(4)32-38(59)49(6)26(17-22-11-13-28(61-7)23(41)16-22)34(55)47-30(19(2)3)39(60)62-21(5)31(48-35(56)27(52)18-51)36(57)45-24(10-9-15-44-40(42)43)33(54)46-25-12-14-29(53)50(32)37(25)58/h11,13,16,19-21,24-27,29-32,51-53H,8-10,12,14-15,17-18H2,1-7H3,(H,45,57)(H,46,54)(H,47,55)(H,48,56)(H4,42,43,44). The number of guanidine groups is 1. The summed E-state index contributed by atoms with van der Waals surface area (Å²) in [6.45, 7) is 6.96. The molecule has 0 spiro atoms. The van der Waals surface area contributed by atoms with Crippen molar-refractivity contribution in [3.63, 3.8) is 0 Å². The van der Waals surface area contributed by atoms with Crippen LogP contribution in [0, 0.1) is 11.8 Å². The van der Waals surface area contributed by atoms with Crippen molar-refractivity contribution in [2.75, 3.05) is 27.3 Å². The number of piperidine rings is 1. The van der Waals surface area contributed by atoms with E-state index in [2.05, 4.69) is 26.3 Å². The van der Waals surface area contributed by atoms with Crippen LogP contribution in [0.1, 0.15) is 72.3 Å². The summed E-state index contributed by atoms with van der Waals surface area (Å²) in [5.74, 6) is -7.66. The van der Waals surface area contributed by atoms with Crippen molar-refractivity contribution in [3.05, 3.63) is 28.8 Å². The third-order valence-corrected chi connectivity index (χ3v) is 11.3. The summed E-state index contributed by atoms with van der Waals surface area (Å²) >= 11 is 6.44. The Hall–Kier alpha value is -5.25. The molecule has 10 unspecified atom stereocenters. The van der Waals surface area contributed by atoms with E-state index in [1.807, 2.05) is 0 Å². The van der Waals surface area contributed by atoms with Crippen molar-refractivity contribution in [1.82, 2.24) is 31.1 Å². The van der Waals surface area contributed by atoms with Gasteiger partial charge in [-0.3, -0.25) is 33.8 Å². The van der Waals surface area contributed by atoms with Gasteiger partial charge in [-0.05, 0) is 62.1 Å². The Bertz CT molecular complexity index is 1810. The van der Waals surface area contributed by atoms with Gasteiger partial charge in [0.1, 0.15) is 54.3 Å². The fourth-order valence-electron chi connectivity index (χ4n) is 7.16. The van der Waals surface area contributed by atoms with Crippen molar-refractivity contribution >= 4 is 59.0 Å². The first-order valence-electron chi connectivity index (χ1n) is 20.5. The highest BCUT2D eigenvalue weighted by atomic mass is 35.5. The summed E-state index contributed by atoms with van der Waals surface area (Å²) in [5.41, 5.74) is 11.4. The monoisotopic (exact) mass is 895 g/mol. The highest BCUT2D eigenvalue weighted by Crippen LogP contribution is 2.29. The number of esters is 1. The Kier molecular flexibility index (Phi) is 19.2. The number of nitrogens with one attached hydrogen (secondary N) is 4. The highest BCUT2D eigenvalue weighted by molar-refractivity contribution is 6.32. The zero-order valence-corrected chi connectivity index (χ0v) is 36.9. The molecule has 6 amide bonds. The van der Waals surface area contributed by atoms with Crippen LogP contribution in [0.4, 0.5) is 0 Å². The molecule has 2 aliphatic rings. The number of rotatable bonds is 13. The number of fused-ring (bicyclic) bond motifs is 2. The number of aliphatic imine (C=N–C) groups is 1. The second-order valence-electron chi connectivity index (χ2n) is 15.9. The third-order valence-electron chi connectivity index (χ3n) is 11.0. The van der Waals surface area contributed by atoms with Crippen LogP contribution in [0.2, 0.25) is 5.02 Å². The van der Waals surface area contributed by atoms with Crippen LogP contribution < -0.4 is 37.5 Å². The second-order valence-corrected chi connectivity index (χ2v) is 16.3. The summed E-state index contributed by atoms with van der Waals surface area (Å²) in [5, 5.41) is 41.2. The van der Waals surface area contributed by atoms with Gasteiger partial charge in [0, 0.05) is 20.0 Å². The molecule has 0 aliphatic carbocycles. The van der Waals surface area contributed by atoms with Gasteiger partial charge in [0.05, 0.1) is 18.7 Å². The Morgan fingerprint density at radius 1 is 1.05 bits per heavy atom. The van der Waals surface area contributed by atoms with Crippen LogP contribution >= 0.6 is 11.6 Å². The molecular weight excluding hydrogens is 834 g/mol. The van der Waals surface area contributed by atoms with Gasteiger partial charge in [0.2, 0.25) is 29.5 Å². The van der Waals surface area contributed by atoms with Crippen molar-refractivity contribution in [2.24, 2.45) is 28.3 Å². The van der Waals surface area contributed by atoms with E-state index in [-0.39, 0.29) is 49.6 Å². The van der Waals surface area contributed by atoms with Crippen molar-refractivity contribution in [2.45, 2.75) is 128 Å². The van der Waals surface area contributed by atoms with Gasteiger partial charge in [-0.2, -0.15) is 0 Å². The number of ether oxygens (including phenoxy) is 2. The topological polar surface area (TPSA) is 318 Å². The van der Waals surface area contributed by atoms with Crippen molar-refractivity contribution < 1.29 is 58.4 Å². The number of benzene rings is 1. The average molecular weight is 896 g/mol. The van der Waals surface area contributed by atoms with Crippen molar-refractivity contribution in [3.8, 4) is 5.75 Å². The molecule has 1 aromatic carbocycles. The lowest BCUT2D eigenvalue weighted by Crippen LogP contribution is -2.66. The van der Waals surface area contributed by atoms with Gasteiger partial charge in [0.25, 0.3) is 5.91 Å². The van der Waals surface area contributed by atoms with Gasteiger partial charge in [-0.15, -0.1) is 0 Å². The molecule has 2 fully saturated rings. The van der Waals surface area contributed by atoms with E-state index in [4.69, 9.17) is 32.5 Å². The molecule has 2 bridgehead atoms. The number of methoxy groups -OCH3 is 1. The van der Waals surface area contributed by atoms with Gasteiger partial charge in [-0.25, -0.2) is 4.79 Å². The Balaban J connectivity index is 2.25. The normalized spacial score (nSPS) is 26.8. The number of carbonyl (C=O) groups is 7. The molecule has 11 N–H and O–H groups in total. The van der Waals surface area contributed by atoms with Crippen LogP contribution in [-0.2, 0) is 44.7 Å². The SMILES string of the molecule is CCC(C)C1C(=O)N(C)C(Cc2ccc(OC)c(Cl)c2)C(=O)NC(C(C)C)C(=O)OC(C)C(NC(=O)C(O)CO)C(=O)NC(CCCN=C(N)N)C(=O)NC2CCC(O)N1C2=O. The number of aliphatic hydroxyl groups is 3. The molecule has 62 heavy (non-hydrogen) atoms. The van der Waals surface area contributed by atoms with Gasteiger partial charge in [0.15, 0.2) is 12.1 Å². The maximum atomic E-state index is 14.8. The summed E-state index contributed by atoms with van der Waals surface area (Å²) in [4.78, 5) is 105. The number of hydrogen-bond acceptors (Lipinski definition) is 13. The molecule has 0 saturated carbocycles. The van der Waals surface area contributed by atoms with E-state index in [1.54, 1.807) is 45.9 Å². The van der Waals surface area contributed by atoms with Gasteiger partial charge < -0.3 is 67.3 Å². The molecular formula is C40H62ClN9O12. The lowest BCUT2D eigenvalue weighted by Gasteiger charge is -2.44. The van der Waals surface area contributed by atoms with Crippen LogP contribution in [0.3, 0.4) is 0 Å². The summed E-state index contributed by atoms with van der Waals surface area (Å²) in [6, 6.07) is -3.86. The van der Waals surface area contributed by atoms with Gasteiger partial charge in [-0.1, -0.05) is 51.8 Å². The number of halogens is 1. The number of aliphatic hydroxyl groups excluding tert-OH is 3. The second kappa shape index (κ2) is 23.3. The Morgan fingerprint density at radius 3 is 2.31 bits per heavy atom. The minimum Gasteiger partial charge on any atom is -0.495 e. The Labute approximate surface area is 365 Å². The average Bonchev–Trinajstić information content (AvgIpc) is 3.22. The largest absolute Gasteiger partial charge is 0.495 e. The molecule has 1 aromatic rings. The number of hydrogen-bond donors (Lipinski definition) is 9. The molecule has 2 aliphatic heterocycles. The predicted molar refractivity (Wildman–Crippen MR) is 225 cm³/mol. The van der Waals surface area contributed by atoms with Crippen LogP contribution in [0.25, 0.3) is 0 Å². The minimum absolute atomic E-state index is 0.0300. The van der Waals surface area contributed by atoms with Crippen LogP contribution in [-0.4, -0.2) is 154 Å². The lowest BCUT2D eigenvalue weighted by molar-refractivity contribution is -0.168. The molecule has 3 rings (SSSR count). The number of nitrogens with two attached hydrogens (primary N) is 2. The van der Waals surface area contributed by atoms with E-state index in [0.717, 1.165) is 9.80 Å². The first-order valence-corrected chi connectivity index (χ1v) is 20.9. The van der Waals surface area contributed by atoms with E-state index < -0.39 is 115 Å². The molecule has 21 nitrogen and oxygen atoms in total. The fraction of sp³-hybridized carbons (Fsp3) is 0.650. The van der Waals surface area contributed by atoms with Crippen LogP contribution in [0.5, 0.6) is 5.75 Å². The molecule has 0 radical (unpaired) electrons. The molecule has 2 heterocycles. The summed E-state index contributed by atoms with van der Waals surface area (Å²) in [6.07, 6.45) is -4.90. The molecule has 10 atom stereocenters. The molecule has 0 aromatic heterocycles. The number of carbonyl (C=O) groups excluding carboxylic acids is 7. The fourth-order valence-corrected chi connectivity index (χ4v) is 7.44.